The van der Waals surface area contributed by atoms with Gasteiger partial charge in [0.25, 0.3) is 0 Å². The standard InChI is InChI=1S/C11H14N2O6/c12-9(11(19)13-4-8(16)17)10(18)5-1-2-6(14)7(15)3-5/h1-3,9-10,14-15,18H,4,12H2,(H,13,19)(H,16,17). The highest BCUT2D eigenvalue weighted by Gasteiger charge is 2.25. The minimum Gasteiger partial charge on any atom is -0.504 e. The number of rotatable bonds is 5. The molecular weight excluding hydrogens is 256 g/mol. The average molecular weight is 270 g/mol. The number of phenolic OH excluding ortho intramolecular Hbond substituents is 2. The molecule has 0 aliphatic rings. The number of nitrogens with one attached hydrogen (secondary N) is 1. The molecule has 19 heavy (non-hydrogen) atoms. The third kappa shape index (κ3) is 3.83. The number of benzene rings is 1. The molecule has 8 nitrogen and oxygen atoms in total. The highest BCUT2D eigenvalue weighted by atomic mass is 16.4. The first-order valence-corrected chi connectivity index (χ1v) is 5.28. The van der Waals surface area contributed by atoms with Crippen LogP contribution in [0.1, 0.15) is 11.7 Å². The Morgan fingerprint density at radius 2 is 1.89 bits per heavy atom. The van der Waals surface area contributed by atoms with Crippen molar-refractivity contribution in [2.24, 2.45) is 5.73 Å². The van der Waals surface area contributed by atoms with Crippen molar-refractivity contribution in [2.75, 3.05) is 6.54 Å². The van der Waals surface area contributed by atoms with Gasteiger partial charge in [-0.1, -0.05) is 6.07 Å². The Labute approximate surface area is 108 Å². The molecule has 1 aromatic rings. The molecule has 0 fully saturated rings. The fourth-order valence-electron chi connectivity index (χ4n) is 1.36. The maximum Gasteiger partial charge on any atom is 0.322 e. The summed E-state index contributed by atoms with van der Waals surface area (Å²) >= 11 is 0. The highest BCUT2D eigenvalue weighted by Crippen LogP contribution is 2.28. The van der Waals surface area contributed by atoms with Crippen LogP contribution in [0.15, 0.2) is 18.2 Å². The zero-order valence-corrected chi connectivity index (χ0v) is 9.78. The molecule has 0 heterocycles. The summed E-state index contributed by atoms with van der Waals surface area (Å²) in [6.45, 7) is -0.611. The van der Waals surface area contributed by atoms with Gasteiger partial charge in [-0.25, -0.2) is 0 Å². The van der Waals surface area contributed by atoms with Gasteiger partial charge in [-0.2, -0.15) is 0 Å². The lowest BCUT2D eigenvalue weighted by atomic mass is 10.0. The first-order chi connectivity index (χ1) is 8.82. The van der Waals surface area contributed by atoms with Crippen molar-refractivity contribution in [1.82, 2.24) is 5.32 Å². The number of phenols is 2. The fourth-order valence-corrected chi connectivity index (χ4v) is 1.36. The van der Waals surface area contributed by atoms with Crippen LogP contribution in [0.2, 0.25) is 0 Å². The van der Waals surface area contributed by atoms with E-state index in [1.807, 2.05) is 5.32 Å². The predicted octanol–water partition coefficient (Wildman–Crippen LogP) is -1.34. The number of carbonyl (C=O) groups excluding carboxylic acids is 1. The normalized spacial score (nSPS) is 13.6. The summed E-state index contributed by atoms with van der Waals surface area (Å²) in [7, 11) is 0. The topological polar surface area (TPSA) is 153 Å². The van der Waals surface area contributed by atoms with E-state index < -0.39 is 36.3 Å². The molecule has 0 aliphatic heterocycles. The molecule has 2 unspecified atom stereocenters. The number of aliphatic carboxylic acids is 1. The van der Waals surface area contributed by atoms with Crippen molar-refractivity contribution in [3.05, 3.63) is 23.8 Å². The monoisotopic (exact) mass is 270 g/mol. The van der Waals surface area contributed by atoms with Gasteiger partial charge < -0.3 is 31.5 Å². The van der Waals surface area contributed by atoms with E-state index in [1.54, 1.807) is 0 Å². The summed E-state index contributed by atoms with van der Waals surface area (Å²) in [6, 6.07) is 2.08. The molecule has 0 saturated heterocycles. The van der Waals surface area contributed by atoms with Gasteiger partial charge in [0.15, 0.2) is 11.5 Å². The van der Waals surface area contributed by atoms with Crippen molar-refractivity contribution in [2.45, 2.75) is 12.1 Å². The number of hydrogen-bond donors (Lipinski definition) is 6. The van der Waals surface area contributed by atoms with E-state index in [-0.39, 0.29) is 11.3 Å². The van der Waals surface area contributed by atoms with Crippen LogP contribution < -0.4 is 11.1 Å². The van der Waals surface area contributed by atoms with Crippen LogP contribution in [-0.2, 0) is 9.59 Å². The minimum absolute atomic E-state index is 0.119. The summed E-state index contributed by atoms with van der Waals surface area (Å²) in [6.07, 6.45) is -1.44. The molecule has 0 spiro atoms. The molecule has 0 bridgehead atoms. The van der Waals surface area contributed by atoms with Gasteiger partial charge in [0.2, 0.25) is 5.91 Å². The number of carbonyl (C=O) groups is 2. The summed E-state index contributed by atoms with van der Waals surface area (Å²) in [4.78, 5) is 21.7. The fraction of sp³-hybridized carbons (Fsp3) is 0.273. The first kappa shape index (κ1) is 14.7. The molecule has 0 radical (unpaired) electrons. The molecule has 1 rings (SSSR count). The Bertz CT molecular complexity index is 490. The number of aromatic hydroxyl groups is 2. The number of amides is 1. The van der Waals surface area contributed by atoms with Crippen LogP contribution >= 0.6 is 0 Å². The van der Waals surface area contributed by atoms with Crippen LogP contribution in [0.3, 0.4) is 0 Å². The van der Waals surface area contributed by atoms with Gasteiger partial charge in [-0.3, -0.25) is 9.59 Å². The van der Waals surface area contributed by atoms with Crippen molar-refractivity contribution >= 4 is 11.9 Å². The zero-order valence-electron chi connectivity index (χ0n) is 9.78. The Hall–Kier alpha value is -2.32. The molecule has 7 N–H and O–H groups in total. The summed E-state index contributed by atoms with van der Waals surface area (Å²) < 4.78 is 0. The second-order valence-corrected chi connectivity index (χ2v) is 3.83. The molecular formula is C11H14N2O6. The second kappa shape index (κ2) is 6.03. The van der Waals surface area contributed by atoms with Crippen molar-refractivity contribution in [3.8, 4) is 11.5 Å². The van der Waals surface area contributed by atoms with Crippen LogP contribution in [0.25, 0.3) is 0 Å². The molecule has 0 saturated carbocycles. The Balaban J connectivity index is 2.75. The lowest BCUT2D eigenvalue weighted by molar-refractivity contribution is -0.138. The molecule has 2 atom stereocenters. The van der Waals surface area contributed by atoms with E-state index in [9.17, 15) is 19.8 Å². The van der Waals surface area contributed by atoms with Gasteiger partial charge >= 0.3 is 5.97 Å². The van der Waals surface area contributed by atoms with E-state index in [1.165, 1.54) is 6.07 Å². The van der Waals surface area contributed by atoms with E-state index in [4.69, 9.17) is 15.9 Å². The van der Waals surface area contributed by atoms with Crippen LogP contribution in [0.5, 0.6) is 11.5 Å². The van der Waals surface area contributed by atoms with Gasteiger partial charge in [-0.15, -0.1) is 0 Å². The molecule has 8 heteroatoms. The smallest absolute Gasteiger partial charge is 0.322 e. The quantitative estimate of drug-likeness (QED) is 0.362. The van der Waals surface area contributed by atoms with E-state index >= 15 is 0 Å². The number of aliphatic hydroxyl groups excluding tert-OH is 1. The Kier molecular flexibility index (Phi) is 4.67. The van der Waals surface area contributed by atoms with Crippen molar-refractivity contribution in [1.29, 1.82) is 0 Å². The highest BCUT2D eigenvalue weighted by molar-refractivity contribution is 5.85. The number of carboxylic acid groups (broad SMARTS) is 1. The number of hydrogen-bond acceptors (Lipinski definition) is 6. The Morgan fingerprint density at radius 3 is 2.42 bits per heavy atom. The van der Waals surface area contributed by atoms with E-state index in [2.05, 4.69) is 0 Å². The van der Waals surface area contributed by atoms with Gasteiger partial charge in [0, 0.05) is 0 Å². The summed E-state index contributed by atoms with van der Waals surface area (Å²) in [5, 5.41) is 38.6. The van der Waals surface area contributed by atoms with Crippen LogP contribution in [0.4, 0.5) is 0 Å². The lowest BCUT2D eigenvalue weighted by Crippen LogP contribution is -2.46. The van der Waals surface area contributed by atoms with Gasteiger partial charge in [0.1, 0.15) is 18.7 Å². The predicted molar refractivity (Wildman–Crippen MR) is 63.4 cm³/mol. The summed E-state index contributed by atoms with van der Waals surface area (Å²) in [5.74, 6) is -2.92. The molecule has 104 valence electrons. The third-order valence-electron chi connectivity index (χ3n) is 2.40. The van der Waals surface area contributed by atoms with Crippen molar-refractivity contribution in [3.63, 3.8) is 0 Å². The third-order valence-corrected chi connectivity index (χ3v) is 2.40. The molecule has 0 aliphatic carbocycles. The average Bonchev–Trinajstić information content (AvgIpc) is 2.37. The second-order valence-electron chi connectivity index (χ2n) is 3.83. The van der Waals surface area contributed by atoms with Crippen LogP contribution in [-0.4, -0.2) is 44.9 Å². The number of nitrogens with two attached hydrogens (primary N) is 1. The zero-order chi connectivity index (χ0) is 14.6. The van der Waals surface area contributed by atoms with Gasteiger partial charge in [-0.05, 0) is 17.7 Å². The molecule has 0 aromatic heterocycles. The first-order valence-electron chi connectivity index (χ1n) is 5.28. The minimum atomic E-state index is -1.44. The maximum absolute atomic E-state index is 11.4. The molecule has 1 aromatic carbocycles. The lowest BCUT2D eigenvalue weighted by Gasteiger charge is -2.18. The summed E-state index contributed by atoms with van der Waals surface area (Å²) in [5.41, 5.74) is 5.59. The van der Waals surface area contributed by atoms with Crippen molar-refractivity contribution < 1.29 is 30.0 Å². The van der Waals surface area contributed by atoms with E-state index in [0.717, 1.165) is 12.1 Å². The largest absolute Gasteiger partial charge is 0.504 e. The maximum atomic E-state index is 11.4. The van der Waals surface area contributed by atoms with E-state index in [0.29, 0.717) is 0 Å². The van der Waals surface area contributed by atoms with Crippen LogP contribution in [0, 0.1) is 0 Å². The number of carboxylic acids is 1. The van der Waals surface area contributed by atoms with Gasteiger partial charge in [0.05, 0.1) is 0 Å². The number of aliphatic hydroxyl groups is 1. The Morgan fingerprint density at radius 1 is 1.26 bits per heavy atom. The molecule has 1 amide bonds. The SMILES string of the molecule is NC(C(=O)NCC(=O)O)C(O)c1ccc(O)c(O)c1.